The predicted octanol–water partition coefficient (Wildman–Crippen LogP) is 1.72. The van der Waals surface area contributed by atoms with Gasteiger partial charge in [0.05, 0.1) is 12.0 Å². The minimum Gasteiger partial charge on any atom is -0.334 e. The summed E-state index contributed by atoms with van der Waals surface area (Å²) in [6.07, 6.45) is 5.05. The van der Waals surface area contributed by atoms with E-state index in [9.17, 15) is 0 Å². The van der Waals surface area contributed by atoms with Crippen LogP contribution >= 0.6 is 0 Å². The van der Waals surface area contributed by atoms with Crippen molar-refractivity contribution in [1.82, 2.24) is 19.8 Å². The number of imidazole rings is 1. The van der Waals surface area contributed by atoms with Crippen LogP contribution < -0.4 is 5.32 Å². The summed E-state index contributed by atoms with van der Waals surface area (Å²) in [7, 11) is 0. The molecule has 0 aliphatic heterocycles. The van der Waals surface area contributed by atoms with Gasteiger partial charge in [-0.25, -0.2) is 4.98 Å². The van der Waals surface area contributed by atoms with E-state index in [2.05, 4.69) is 40.5 Å². The van der Waals surface area contributed by atoms with Crippen molar-refractivity contribution in [3.8, 4) is 0 Å². The maximum atomic E-state index is 4.16. The average Bonchev–Trinajstić information content (AvgIpc) is 2.81. The molecule has 0 aliphatic rings. The Labute approximate surface area is 105 Å². The van der Waals surface area contributed by atoms with Crippen molar-refractivity contribution in [2.45, 2.75) is 40.3 Å². The molecule has 1 aromatic heterocycles. The zero-order valence-corrected chi connectivity index (χ0v) is 11.4. The third-order valence-corrected chi connectivity index (χ3v) is 3.17. The van der Waals surface area contributed by atoms with Crippen molar-refractivity contribution >= 4 is 0 Å². The van der Waals surface area contributed by atoms with E-state index in [4.69, 9.17) is 0 Å². The summed E-state index contributed by atoms with van der Waals surface area (Å²) < 4.78 is 2.18. The summed E-state index contributed by atoms with van der Waals surface area (Å²) in [4.78, 5) is 6.62. The second kappa shape index (κ2) is 8.25. The fourth-order valence-electron chi connectivity index (χ4n) is 1.96. The zero-order valence-electron chi connectivity index (χ0n) is 11.4. The molecule has 1 rings (SSSR count). The van der Waals surface area contributed by atoms with Gasteiger partial charge in [0.2, 0.25) is 0 Å². The first kappa shape index (κ1) is 14.2. The molecule has 0 spiro atoms. The first-order chi connectivity index (χ1) is 8.31. The van der Waals surface area contributed by atoms with Crippen molar-refractivity contribution in [2.24, 2.45) is 0 Å². The van der Waals surface area contributed by atoms with Crippen LogP contribution in [0.5, 0.6) is 0 Å². The van der Waals surface area contributed by atoms with E-state index in [1.54, 1.807) is 0 Å². The van der Waals surface area contributed by atoms with Crippen LogP contribution in [0, 0.1) is 0 Å². The SMILES string of the molecule is CCN(CC)CCCNCc1cncn1CC. The molecule has 1 heterocycles. The highest BCUT2D eigenvalue weighted by Gasteiger charge is 2.00. The number of hydrogen-bond acceptors (Lipinski definition) is 3. The number of hydrogen-bond donors (Lipinski definition) is 1. The number of rotatable bonds is 9. The van der Waals surface area contributed by atoms with Gasteiger partial charge in [-0.3, -0.25) is 0 Å². The molecule has 0 saturated carbocycles. The van der Waals surface area contributed by atoms with E-state index >= 15 is 0 Å². The van der Waals surface area contributed by atoms with Gasteiger partial charge >= 0.3 is 0 Å². The Kier molecular flexibility index (Phi) is 6.89. The van der Waals surface area contributed by atoms with Crippen molar-refractivity contribution in [1.29, 1.82) is 0 Å². The first-order valence-corrected chi connectivity index (χ1v) is 6.73. The lowest BCUT2D eigenvalue weighted by Gasteiger charge is -2.17. The molecule has 4 heteroatoms. The Balaban J connectivity index is 2.12. The summed E-state index contributed by atoms with van der Waals surface area (Å²) in [6.45, 7) is 13.1. The van der Waals surface area contributed by atoms with E-state index < -0.39 is 0 Å². The number of nitrogens with one attached hydrogen (secondary N) is 1. The van der Waals surface area contributed by atoms with Crippen LogP contribution in [-0.4, -0.2) is 40.6 Å². The molecule has 0 fully saturated rings. The van der Waals surface area contributed by atoms with Gasteiger partial charge in [-0.2, -0.15) is 0 Å². The zero-order chi connectivity index (χ0) is 12.5. The molecule has 0 saturated heterocycles. The largest absolute Gasteiger partial charge is 0.334 e. The van der Waals surface area contributed by atoms with Gasteiger partial charge in [0.15, 0.2) is 0 Å². The average molecular weight is 238 g/mol. The molecule has 0 bridgehead atoms. The Morgan fingerprint density at radius 3 is 2.71 bits per heavy atom. The maximum absolute atomic E-state index is 4.16. The Hall–Kier alpha value is -0.870. The van der Waals surface area contributed by atoms with E-state index in [0.717, 1.165) is 32.7 Å². The van der Waals surface area contributed by atoms with Crippen molar-refractivity contribution in [2.75, 3.05) is 26.2 Å². The third kappa shape index (κ3) is 4.88. The minimum atomic E-state index is 0.923. The van der Waals surface area contributed by atoms with E-state index in [1.165, 1.54) is 18.7 Å². The quantitative estimate of drug-likeness (QED) is 0.665. The van der Waals surface area contributed by atoms with Gasteiger partial charge in [0, 0.05) is 19.3 Å². The number of aromatic nitrogens is 2. The molecule has 17 heavy (non-hydrogen) atoms. The van der Waals surface area contributed by atoms with Gasteiger partial charge in [0.25, 0.3) is 0 Å². The summed E-state index contributed by atoms with van der Waals surface area (Å²) in [5.41, 5.74) is 1.27. The van der Waals surface area contributed by atoms with Crippen LogP contribution in [0.1, 0.15) is 32.9 Å². The lowest BCUT2D eigenvalue weighted by molar-refractivity contribution is 0.298. The minimum absolute atomic E-state index is 0.923. The van der Waals surface area contributed by atoms with E-state index in [0.29, 0.717) is 0 Å². The lowest BCUT2D eigenvalue weighted by atomic mass is 10.3. The molecule has 1 N–H and O–H groups in total. The van der Waals surface area contributed by atoms with E-state index in [1.807, 2.05) is 12.5 Å². The second-order valence-electron chi connectivity index (χ2n) is 4.23. The molecule has 1 aromatic rings. The molecule has 0 unspecified atom stereocenters. The molecule has 0 radical (unpaired) electrons. The van der Waals surface area contributed by atoms with Crippen molar-refractivity contribution in [3.63, 3.8) is 0 Å². The molecule has 0 atom stereocenters. The van der Waals surface area contributed by atoms with Gasteiger partial charge < -0.3 is 14.8 Å². The molecule has 0 aromatic carbocycles. The van der Waals surface area contributed by atoms with Crippen molar-refractivity contribution in [3.05, 3.63) is 18.2 Å². The monoisotopic (exact) mass is 238 g/mol. The highest BCUT2D eigenvalue weighted by Crippen LogP contribution is 1.98. The van der Waals surface area contributed by atoms with Crippen LogP contribution in [-0.2, 0) is 13.1 Å². The predicted molar refractivity (Wildman–Crippen MR) is 72.0 cm³/mol. The van der Waals surface area contributed by atoms with E-state index in [-0.39, 0.29) is 0 Å². The van der Waals surface area contributed by atoms with Gasteiger partial charge in [0.1, 0.15) is 0 Å². The van der Waals surface area contributed by atoms with Gasteiger partial charge in [-0.1, -0.05) is 13.8 Å². The topological polar surface area (TPSA) is 33.1 Å². The Morgan fingerprint density at radius 2 is 2.06 bits per heavy atom. The number of aryl methyl sites for hydroxylation is 1. The standard InChI is InChI=1S/C13H26N4/c1-4-16(5-2)9-7-8-14-10-13-11-15-12-17(13)6-3/h11-12,14H,4-10H2,1-3H3. The summed E-state index contributed by atoms with van der Waals surface area (Å²) in [5.74, 6) is 0. The number of nitrogens with zero attached hydrogens (tertiary/aromatic N) is 3. The maximum Gasteiger partial charge on any atom is 0.0948 e. The van der Waals surface area contributed by atoms with Crippen LogP contribution in [0.15, 0.2) is 12.5 Å². The summed E-state index contributed by atoms with van der Waals surface area (Å²) in [6, 6.07) is 0. The van der Waals surface area contributed by atoms with Crippen LogP contribution in [0.25, 0.3) is 0 Å². The highest BCUT2D eigenvalue weighted by molar-refractivity contribution is 4.97. The fourth-order valence-corrected chi connectivity index (χ4v) is 1.96. The van der Waals surface area contributed by atoms with Crippen LogP contribution in [0.4, 0.5) is 0 Å². The first-order valence-electron chi connectivity index (χ1n) is 6.73. The Morgan fingerprint density at radius 1 is 1.29 bits per heavy atom. The second-order valence-corrected chi connectivity index (χ2v) is 4.23. The van der Waals surface area contributed by atoms with Crippen LogP contribution in [0.2, 0.25) is 0 Å². The van der Waals surface area contributed by atoms with Crippen molar-refractivity contribution < 1.29 is 0 Å². The molecular weight excluding hydrogens is 212 g/mol. The molecule has 4 nitrogen and oxygen atoms in total. The normalized spacial score (nSPS) is 11.3. The smallest absolute Gasteiger partial charge is 0.0948 e. The highest BCUT2D eigenvalue weighted by atomic mass is 15.1. The Bertz CT molecular complexity index is 291. The molecule has 98 valence electrons. The summed E-state index contributed by atoms with van der Waals surface area (Å²) in [5, 5.41) is 3.48. The summed E-state index contributed by atoms with van der Waals surface area (Å²) >= 11 is 0. The van der Waals surface area contributed by atoms with Gasteiger partial charge in [-0.05, 0) is 39.5 Å². The van der Waals surface area contributed by atoms with Gasteiger partial charge in [-0.15, -0.1) is 0 Å². The molecule has 0 amide bonds. The van der Waals surface area contributed by atoms with Crippen LogP contribution in [0.3, 0.4) is 0 Å². The third-order valence-electron chi connectivity index (χ3n) is 3.17. The fraction of sp³-hybridized carbons (Fsp3) is 0.769. The molecular formula is C13H26N4. The molecule has 0 aliphatic carbocycles. The lowest BCUT2D eigenvalue weighted by Crippen LogP contribution is -2.27.